The van der Waals surface area contributed by atoms with Crippen LogP contribution in [-0.2, 0) is 11.0 Å². The predicted molar refractivity (Wildman–Crippen MR) is 106 cm³/mol. The number of nitrogens with one attached hydrogen (secondary N) is 1. The van der Waals surface area contributed by atoms with Gasteiger partial charge in [-0.2, -0.15) is 26.3 Å². The van der Waals surface area contributed by atoms with Crippen molar-refractivity contribution in [1.29, 1.82) is 0 Å². The Bertz CT molecular complexity index is 819. The maximum atomic E-state index is 13.5. The van der Waals surface area contributed by atoms with E-state index in [4.69, 9.17) is 0 Å². The Kier molecular flexibility index (Phi) is 9.10. The first-order valence-electron chi connectivity index (χ1n) is 10.4. The summed E-state index contributed by atoms with van der Waals surface area (Å²) in [5.41, 5.74) is -1.64. The van der Waals surface area contributed by atoms with E-state index in [9.17, 15) is 40.3 Å². The highest BCUT2D eigenvalue weighted by Crippen LogP contribution is 2.30. The molecule has 33 heavy (non-hydrogen) atoms. The largest absolute Gasteiger partial charge is 0.416 e. The Morgan fingerprint density at radius 2 is 1.73 bits per heavy atom. The van der Waals surface area contributed by atoms with Crippen molar-refractivity contribution in [3.05, 3.63) is 35.1 Å². The third kappa shape index (κ3) is 9.18. The minimum Gasteiger partial charge on any atom is -0.352 e. The van der Waals surface area contributed by atoms with Gasteiger partial charge >= 0.3 is 12.4 Å². The number of carbonyl (C=O) groups excluding carboxylic acids is 2. The number of rotatable bonds is 8. The molecular weight excluding hydrogens is 459 g/mol. The molecular formula is C21H26F7N3O2. The molecule has 1 aliphatic heterocycles. The Morgan fingerprint density at radius 3 is 2.30 bits per heavy atom. The summed E-state index contributed by atoms with van der Waals surface area (Å²) in [5, 5.41) is 2.54. The molecule has 1 aliphatic rings. The highest BCUT2D eigenvalue weighted by Gasteiger charge is 2.32. The van der Waals surface area contributed by atoms with Gasteiger partial charge in [0.15, 0.2) is 0 Å². The smallest absolute Gasteiger partial charge is 0.352 e. The summed E-state index contributed by atoms with van der Waals surface area (Å²) in [5.74, 6) is -2.44. The number of nitrogens with zero attached hydrogens (tertiary/aromatic N) is 2. The molecule has 1 aromatic rings. The average molecular weight is 485 g/mol. The molecule has 1 aromatic carbocycles. The van der Waals surface area contributed by atoms with E-state index in [2.05, 4.69) is 5.32 Å². The van der Waals surface area contributed by atoms with E-state index in [-0.39, 0.29) is 12.5 Å². The molecule has 0 atom stereocenters. The van der Waals surface area contributed by atoms with Gasteiger partial charge in [-0.05, 0) is 50.0 Å². The van der Waals surface area contributed by atoms with Crippen LogP contribution in [0.15, 0.2) is 18.2 Å². The summed E-state index contributed by atoms with van der Waals surface area (Å²) >= 11 is 0. The van der Waals surface area contributed by atoms with Crippen molar-refractivity contribution < 1.29 is 40.3 Å². The number of piperidine rings is 1. The van der Waals surface area contributed by atoms with Crippen LogP contribution in [0.25, 0.3) is 0 Å². The van der Waals surface area contributed by atoms with Gasteiger partial charge in [0, 0.05) is 38.7 Å². The zero-order valence-corrected chi connectivity index (χ0v) is 18.0. The second-order valence-corrected chi connectivity index (χ2v) is 8.15. The van der Waals surface area contributed by atoms with E-state index in [1.54, 1.807) is 0 Å². The lowest BCUT2D eigenvalue weighted by molar-refractivity contribution is -0.148. The van der Waals surface area contributed by atoms with E-state index in [0.29, 0.717) is 51.2 Å². The van der Waals surface area contributed by atoms with Crippen LogP contribution in [0.4, 0.5) is 30.7 Å². The molecule has 0 spiro atoms. The molecule has 0 radical (unpaired) electrons. The number of likely N-dealkylation sites (N-methyl/N-ethyl adjacent to an activating group) is 1. The van der Waals surface area contributed by atoms with E-state index < -0.39 is 54.0 Å². The number of likely N-dealkylation sites (tertiary alicyclic amines) is 1. The molecule has 186 valence electrons. The molecule has 2 rings (SSSR count). The lowest BCUT2D eigenvalue weighted by atomic mass is 9.96. The molecule has 12 heteroatoms. The normalized spacial score (nSPS) is 16.0. The predicted octanol–water partition coefficient (Wildman–Crippen LogP) is 4.09. The van der Waals surface area contributed by atoms with Crippen LogP contribution in [0.3, 0.4) is 0 Å². The topological polar surface area (TPSA) is 52.6 Å². The van der Waals surface area contributed by atoms with E-state index in [0.717, 1.165) is 6.07 Å². The number of halogens is 7. The van der Waals surface area contributed by atoms with Gasteiger partial charge in [-0.3, -0.25) is 9.59 Å². The first-order chi connectivity index (χ1) is 15.2. The Hall–Kier alpha value is -2.37. The zero-order valence-electron chi connectivity index (χ0n) is 18.0. The fourth-order valence-electron chi connectivity index (χ4n) is 3.49. The van der Waals surface area contributed by atoms with E-state index in [1.165, 1.54) is 11.9 Å². The zero-order chi connectivity index (χ0) is 24.8. The van der Waals surface area contributed by atoms with Crippen LogP contribution in [0.1, 0.15) is 41.6 Å². The lowest BCUT2D eigenvalue weighted by Crippen LogP contribution is -2.42. The van der Waals surface area contributed by atoms with E-state index in [1.807, 2.05) is 4.90 Å². The van der Waals surface area contributed by atoms with Gasteiger partial charge in [0.1, 0.15) is 5.82 Å². The number of carbonyl (C=O) groups is 2. The fourth-order valence-corrected chi connectivity index (χ4v) is 3.49. The third-order valence-corrected chi connectivity index (χ3v) is 5.55. The van der Waals surface area contributed by atoms with Gasteiger partial charge in [0.25, 0.3) is 5.91 Å². The van der Waals surface area contributed by atoms with Crippen LogP contribution < -0.4 is 5.32 Å². The molecule has 1 heterocycles. The Morgan fingerprint density at radius 1 is 1.09 bits per heavy atom. The van der Waals surface area contributed by atoms with Crippen LogP contribution in [0.5, 0.6) is 0 Å². The monoisotopic (exact) mass is 485 g/mol. The maximum Gasteiger partial charge on any atom is 0.416 e. The molecule has 1 saturated heterocycles. The second kappa shape index (κ2) is 11.2. The Labute approximate surface area is 186 Å². The first-order valence-corrected chi connectivity index (χ1v) is 10.4. The van der Waals surface area contributed by atoms with Crippen molar-refractivity contribution in [2.24, 2.45) is 5.92 Å². The Balaban J connectivity index is 1.73. The van der Waals surface area contributed by atoms with Crippen LogP contribution in [-0.4, -0.2) is 67.6 Å². The highest BCUT2D eigenvalue weighted by molar-refractivity contribution is 5.94. The molecule has 1 N–H and O–H groups in total. The fraction of sp³-hybridized carbons (Fsp3) is 0.619. The van der Waals surface area contributed by atoms with Crippen molar-refractivity contribution in [1.82, 2.24) is 15.1 Å². The molecule has 0 unspecified atom stereocenters. The summed E-state index contributed by atoms with van der Waals surface area (Å²) in [4.78, 5) is 27.3. The van der Waals surface area contributed by atoms with Gasteiger partial charge in [-0.25, -0.2) is 4.39 Å². The molecule has 5 nitrogen and oxygen atoms in total. The second-order valence-electron chi connectivity index (χ2n) is 8.15. The summed E-state index contributed by atoms with van der Waals surface area (Å²) in [6, 6.07) is 1.68. The van der Waals surface area contributed by atoms with Gasteiger partial charge in [-0.1, -0.05) is 0 Å². The van der Waals surface area contributed by atoms with Gasteiger partial charge in [-0.15, -0.1) is 0 Å². The first kappa shape index (κ1) is 26.9. The standard InChI is InChI=1S/C21H26F7N3O2/c1-30(18(32)2-5-20(23,24)25)8-9-31-6-3-14(4-7-31)13-29-19(33)15-10-16(21(26,27)28)12-17(22)11-15/h10-12,14H,2-9,13H2,1H3,(H,29,33). The van der Waals surface area contributed by atoms with Crippen molar-refractivity contribution >= 4 is 11.8 Å². The van der Waals surface area contributed by atoms with Gasteiger partial charge in [0.05, 0.1) is 12.0 Å². The van der Waals surface area contributed by atoms with Crippen molar-refractivity contribution in [2.45, 2.75) is 38.0 Å². The minimum absolute atomic E-state index is 0.0759. The van der Waals surface area contributed by atoms with Gasteiger partial charge in [0.2, 0.25) is 5.91 Å². The SMILES string of the molecule is CN(CCN1CCC(CNC(=O)c2cc(F)cc(C(F)(F)F)c2)CC1)C(=O)CCC(F)(F)F. The molecule has 2 amide bonds. The summed E-state index contributed by atoms with van der Waals surface area (Å²) in [7, 11) is 1.46. The number of benzene rings is 1. The average Bonchev–Trinajstić information content (AvgIpc) is 2.73. The number of hydrogen-bond acceptors (Lipinski definition) is 3. The summed E-state index contributed by atoms with van der Waals surface area (Å²) in [6.07, 6.45) is -9.51. The maximum absolute atomic E-state index is 13.5. The minimum atomic E-state index is -4.76. The van der Waals surface area contributed by atoms with Crippen LogP contribution in [0.2, 0.25) is 0 Å². The lowest BCUT2D eigenvalue weighted by Gasteiger charge is -2.33. The molecule has 1 fully saturated rings. The molecule has 0 bridgehead atoms. The van der Waals surface area contributed by atoms with Crippen molar-refractivity contribution in [3.8, 4) is 0 Å². The van der Waals surface area contributed by atoms with Crippen LogP contribution in [0, 0.1) is 11.7 Å². The molecule has 0 aromatic heterocycles. The van der Waals surface area contributed by atoms with Crippen molar-refractivity contribution in [3.63, 3.8) is 0 Å². The number of alkyl halides is 6. The molecule has 0 aliphatic carbocycles. The summed E-state index contributed by atoms with van der Waals surface area (Å²) < 4.78 is 88.5. The third-order valence-electron chi connectivity index (χ3n) is 5.55. The van der Waals surface area contributed by atoms with Gasteiger partial charge < -0.3 is 15.1 Å². The quantitative estimate of drug-likeness (QED) is 0.565. The molecule has 0 saturated carbocycles. The van der Waals surface area contributed by atoms with E-state index >= 15 is 0 Å². The van der Waals surface area contributed by atoms with Crippen LogP contribution >= 0.6 is 0 Å². The number of amides is 2. The summed E-state index contributed by atoms with van der Waals surface area (Å²) in [6.45, 7) is 2.29. The van der Waals surface area contributed by atoms with Crippen molar-refractivity contribution in [2.75, 3.05) is 39.8 Å². The highest BCUT2D eigenvalue weighted by atomic mass is 19.4. The number of hydrogen-bond donors (Lipinski definition) is 1.